The van der Waals surface area contributed by atoms with Crippen molar-refractivity contribution in [3.8, 4) is 0 Å². The molecule has 0 radical (unpaired) electrons. The predicted molar refractivity (Wildman–Crippen MR) is 61.9 cm³/mol. The first-order valence-electron chi connectivity index (χ1n) is 5.92. The number of anilines is 1. The van der Waals surface area contributed by atoms with Crippen molar-refractivity contribution in [2.75, 3.05) is 11.9 Å². The number of nitrogens with one attached hydrogen (secondary N) is 1. The lowest BCUT2D eigenvalue weighted by Crippen LogP contribution is -2.54. The summed E-state index contributed by atoms with van der Waals surface area (Å²) in [6.07, 6.45) is -5.73. The average molecular weight is 293 g/mol. The number of aliphatic hydroxyl groups excluding tert-OH is 2. The van der Waals surface area contributed by atoms with Crippen LogP contribution in [0.5, 0.6) is 0 Å². The van der Waals surface area contributed by atoms with E-state index in [0.717, 1.165) is 6.20 Å². The normalized spacial score (nSPS) is 31.1. The number of hydrogen-bond acceptors (Lipinski definition) is 6. The summed E-state index contributed by atoms with van der Waals surface area (Å²) in [7, 11) is 0. The fourth-order valence-corrected chi connectivity index (χ4v) is 1.86. The zero-order valence-electron chi connectivity index (χ0n) is 10.5. The average Bonchev–Trinajstić information content (AvgIpc) is 2.39. The van der Waals surface area contributed by atoms with Gasteiger partial charge in [0.25, 0.3) is 0 Å². The third-order valence-corrected chi connectivity index (χ3v) is 3.04. The Hall–Kier alpha value is -1.45. The fraction of sp³-hybridized carbons (Fsp3) is 0.636. The van der Waals surface area contributed by atoms with E-state index in [2.05, 4.69) is 15.3 Å². The van der Waals surface area contributed by atoms with Gasteiger partial charge in [0, 0.05) is 0 Å². The summed E-state index contributed by atoms with van der Waals surface area (Å²) in [6.45, 7) is 1.63. The Morgan fingerprint density at radius 1 is 1.30 bits per heavy atom. The highest BCUT2D eigenvalue weighted by Crippen LogP contribution is 2.28. The first kappa shape index (κ1) is 14.9. The molecule has 0 spiro atoms. The monoisotopic (exact) mass is 293 g/mol. The van der Waals surface area contributed by atoms with Crippen molar-refractivity contribution in [1.82, 2.24) is 9.97 Å². The van der Waals surface area contributed by atoms with Gasteiger partial charge in [-0.3, -0.25) is 4.98 Å². The standard InChI is InChI=1S/C11H14F3N3O3/c1-5-9(18)10(19)6(4-20-5)16-8-3-15-2-7(17-8)11(12,13)14/h2-3,5-6,9-10,18-19H,4H2,1H3,(H,16,17). The Bertz CT molecular complexity index is 472. The molecule has 1 aliphatic rings. The summed E-state index contributed by atoms with van der Waals surface area (Å²) in [5.41, 5.74) is -1.14. The van der Waals surface area contributed by atoms with Crippen molar-refractivity contribution >= 4 is 5.82 Å². The predicted octanol–water partition coefficient (Wildman–Crippen LogP) is 0.416. The second-order valence-electron chi connectivity index (χ2n) is 4.56. The molecule has 0 bridgehead atoms. The van der Waals surface area contributed by atoms with Gasteiger partial charge in [-0.25, -0.2) is 4.98 Å². The molecule has 4 unspecified atom stereocenters. The maximum atomic E-state index is 12.5. The number of hydrogen-bond donors (Lipinski definition) is 3. The lowest BCUT2D eigenvalue weighted by Gasteiger charge is -2.36. The van der Waals surface area contributed by atoms with Crippen LogP contribution in [0.15, 0.2) is 12.4 Å². The van der Waals surface area contributed by atoms with Crippen molar-refractivity contribution in [3.63, 3.8) is 0 Å². The van der Waals surface area contributed by atoms with Gasteiger partial charge in [-0.05, 0) is 6.92 Å². The molecule has 4 atom stereocenters. The van der Waals surface area contributed by atoms with Crippen molar-refractivity contribution in [1.29, 1.82) is 0 Å². The molecular weight excluding hydrogens is 279 g/mol. The van der Waals surface area contributed by atoms with Gasteiger partial charge in [0.2, 0.25) is 0 Å². The molecule has 1 aromatic rings. The molecule has 9 heteroatoms. The Labute approximate surface area is 112 Å². The first-order chi connectivity index (χ1) is 9.29. The van der Waals surface area contributed by atoms with E-state index in [1.807, 2.05) is 0 Å². The molecule has 2 rings (SSSR count). The van der Waals surface area contributed by atoms with Crippen LogP contribution < -0.4 is 5.32 Å². The zero-order valence-corrected chi connectivity index (χ0v) is 10.5. The van der Waals surface area contributed by atoms with E-state index < -0.39 is 36.2 Å². The second-order valence-corrected chi connectivity index (χ2v) is 4.56. The molecule has 3 N–H and O–H groups in total. The molecule has 0 saturated carbocycles. The van der Waals surface area contributed by atoms with Gasteiger partial charge in [-0.2, -0.15) is 13.2 Å². The minimum absolute atomic E-state index is 0.0390. The van der Waals surface area contributed by atoms with Gasteiger partial charge in [-0.1, -0.05) is 0 Å². The van der Waals surface area contributed by atoms with Crippen LogP contribution in [0.25, 0.3) is 0 Å². The summed E-state index contributed by atoms with van der Waals surface area (Å²) in [5.74, 6) is -0.144. The first-order valence-corrected chi connectivity index (χ1v) is 5.92. The van der Waals surface area contributed by atoms with Crippen LogP contribution in [-0.4, -0.2) is 51.1 Å². The van der Waals surface area contributed by atoms with E-state index in [1.165, 1.54) is 0 Å². The zero-order chi connectivity index (χ0) is 14.9. The van der Waals surface area contributed by atoms with E-state index in [4.69, 9.17) is 4.74 Å². The van der Waals surface area contributed by atoms with E-state index in [1.54, 1.807) is 6.92 Å². The minimum atomic E-state index is -4.60. The Morgan fingerprint density at radius 2 is 2.00 bits per heavy atom. The van der Waals surface area contributed by atoms with Crippen molar-refractivity contribution in [2.45, 2.75) is 37.5 Å². The third-order valence-electron chi connectivity index (χ3n) is 3.04. The molecule has 2 heterocycles. The van der Waals surface area contributed by atoms with Gasteiger partial charge < -0.3 is 20.3 Å². The molecule has 0 aliphatic carbocycles. The highest BCUT2D eigenvalue weighted by molar-refractivity contribution is 5.34. The van der Waals surface area contributed by atoms with Crippen LogP contribution in [0, 0.1) is 0 Å². The molecular formula is C11H14F3N3O3. The Morgan fingerprint density at radius 3 is 2.65 bits per heavy atom. The number of halogens is 3. The number of aromatic nitrogens is 2. The van der Waals surface area contributed by atoms with Gasteiger partial charge in [0.15, 0.2) is 5.69 Å². The van der Waals surface area contributed by atoms with E-state index in [0.29, 0.717) is 6.20 Å². The molecule has 0 aromatic carbocycles. The molecule has 20 heavy (non-hydrogen) atoms. The largest absolute Gasteiger partial charge is 0.434 e. The van der Waals surface area contributed by atoms with Crippen LogP contribution in [0.2, 0.25) is 0 Å². The molecule has 112 valence electrons. The number of ether oxygens (including phenoxy) is 1. The SMILES string of the molecule is CC1OCC(Nc2cncc(C(F)(F)F)n2)C(O)C1O. The summed E-state index contributed by atoms with van der Waals surface area (Å²) in [6, 6.07) is -0.765. The van der Waals surface area contributed by atoms with E-state index >= 15 is 0 Å². The molecule has 0 amide bonds. The maximum absolute atomic E-state index is 12.5. The van der Waals surface area contributed by atoms with Crippen LogP contribution in [-0.2, 0) is 10.9 Å². The smallest absolute Gasteiger partial charge is 0.388 e. The van der Waals surface area contributed by atoms with Gasteiger partial charge in [0.05, 0.1) is 31.1 Å². The third kappa shape index (κ3) is 3.17. The lowest BCUT2D eigenvalue weighted by atomic mass is 9.99. The van der Waals surface area contributed by atoms with Gasteiger partial charge in [0.1, 0.15) is 18.0 Å². The number of aliphatic hydroxyl groups is 2. The number of nitrogens with zero attached hydrogens (tertiary/aromatic N) is 2. The second kappa shape index (κ2) is 5.51. The number of rotatable bonds is 2. The molecule has 1 aromatic heterocycles. The van der Waals surface area contributed by atoms with E-state index in [-0.39, 0.29) is 12.4 Å². The highest BCUT2D eigenvalue weighted by atomic mass is 19.4. The van der Waals surface area contributed by atoms with Gasteiger partial charge >= 0.3 is 6.18 Å². The lowest BCUT2D eigenvalue weighted by molar-refractivity contribution is -0.141. The quantitative estimate of drug-likeness (QED) is 0.732. The van der Waals surface area contributed by atoms with Crippen molar-refractivity contribution in [3.05, 3.63) is 18.1 Å². The van der Waals surface area contributed by atoms with Crippen molar-refractivity contribution < 1.29 is 28.1 Å². The molecule has 1 saturated heterocycles. The Balaban J connectivity index is 2.10. The van der Waals surface area contributed by atoms with Crippen molar-refractivity contribution in [2.24, 2.45) is 0 Å². The van der Waals surface area contributed by atoms with Gasteiger partial charge in [-0.15, -0.1) is 0 Å². The molecule has 6 nitrogen and oxygen atoms in total. The molecule has 1 fully saturated rings. The minimum Gasteiger partial charge on any atom is -0.388 e. The fourth-order valence-electron chi connectivity index (χ4n) is 1.86. The summed E-state index contributed by atoms with van der Waals surface area (Å²) in [4.78, 5) is 6.82. The van der Waals surface area contributed by atoms with E-state index in [9.17, 15) is 23.4 Å². The number of alkyl halides is 3. The molecule has 1 aliphatic heterocycles. The Kier molecular flexibility index (Phi) is 4.11. The highest BCUT2D eigenvalue weighted by Gasteiger charge is 2.37. The summed E-state index contributed by atoms with van der Waals surface area (Å²) >= 11 is 0. The van der Waals surface area contributed by atoms with Crippen LogP contribution in [0.1, 0.15) is 12.6 Å². The van der Waals surface area contributed by atoms with Crippen LogP contribution in [0.3, 0.4) is 0 Å². The van der Waals surface area contributed by atoms with Crippen LogP contribution in [0.4, 0.5) is 19.0 Å². The topological polar surface area (TPSA) is 87.5 Å². The van der Waals surface area contributed by atoms with Crippen LogP contribution >= 0.6 is 0 Å². The maximum Gasteiger partial charge on any atom is 0.434 e. The summed E-state index contributed by atoms with van der Waals surface area (Å²) < 4.78 is 42.7. The summed E-state index contributed by atoms with van der Waals surface area (Å²) in [5, 5.41) is 22.1.